The molecule has 11 heteroatoms. The highest BCUT2D eigenvalue weighted by molar-refractivity contribution is 7.89. The van der Waals surface area contributed by atoms with Crippen LogP contribution in [0.4, 0.5) is 0 Å². The molecular formula is C25H32N2O7S2. The number of carbonyl (C=O) groups is 1. The number of aliphatic hydroxyl groups excluding tert-OH is 1. The van der Waals surface area contributed by atoms with Crippen molar-refractivity contribution in [3.05, 3.63) is 58.5 Å². The van der Waals surface area contributed by atoms with Gasteiger partial charge in [0.05, 0.1) is 25.2 Å². The number of rotatable bonds is 11. The van der Waals surface area contributed by atoms with E-state index in [2.05, 4.69) is 0 Å². The van der Waals surface area contributed by atoms with E-state index in [-0.39, 0.29) is 48.8 Å². The average molecular weight is 537 g/mol. The highest BCUT2D eigenvalue weighted by atomic mass is 32.2. The first-order valence-electron chi connectivity index (χ1n) is 12.0. The summed E-state index contributed by atoms with van der Waals surface area (Å²) in [4.78, 5) is 14.9. The van der Waals surface area contributed by atoms with Crippen molar-refractivity contribution in [3.63, 3.8) is 0 Å². The Morgan fingerprint density at radius 2 is 1.94 bits per heavy atom. The molecule has 0 saturated carbocycles. The van der Waals surface area contributed by atoms with Gasteiger partial charge in [-0.2, -0.15) is 15.6 Å². The molecular weight excluding hydrogens is 504 g/mol. The van der Waals surface area contributed by atoms with Gasteiger partial charge in [0.1, 0.15) is 5.75 Å². The molecule has 0 radical (unpaired) electrons. The number of allylic oxidation sites excluding steroid dienone is 1. The minimum Gasteiger partial charge on any atom is -0.497 e. The van der Waals surface area contributed by atoms with Crippen LogP contribution in [0.2, 0.25) is 0 Å². The van der Waals surface area contributed by atoms with Crippen molar-refractivity contribution in [2.45, 2.75) is 36.4 Å². The largest absolute Gasteiger partial charge is 0.497 e. The molecule has 1 aromatic carbocycles. The van der Waals surface area contributed by atoms with Gasteiger partial charge in [0.15, 0.2) is 5.76 Å². The summed E-state index contributed by atoms with van der Waals surface area (Å²) in [5.74, 6) is 0.661. The van der Waals surface area contributed by atoms with Crippen LogP contribution in [-0.2, 0) is 24.3 Å². The van der Waals surface area contributed by atoms with Crippen molar-refractivity contribution in [1.29, 1.82) is 0 Å². The fourth-order valence-electron chi connectivity index (χ4n) is 4.35. The highest BCUT2D eigenvalue weighted by Crippen LogP contribution is 2.33. The van der Waals surface area contributed by atoms with E-state index in [1.807, 2.05) is 22.9 Å². The Morgan fingerprint density at radius 3 is 2.58 bits per heavy atom. The second-order valence-corrected chi connectivity index (χ2v) is 11.4. The molecule has 2 aliphatic heterocycles. The molecule has 9 nitrogen and oxygen atoms in total. The number of nitrogens with zero attached hydrogens (tertiary/aromatic N) is 2. The molecule has 3 heterocycles. The Labute approximate surface area is 215 Å². The van der Waals surface area contributed by atoms with E-state index in [1.54, 1.807) is 28.4 Å². The average Bonchev–Trinajstić information content (AvgIpc) is 3.63. The van der Waals surface area contributed by atoms with E-state index in [4.69, 9.17) is 14.2 Å². The lowest BCUT2D eigenvalue weighted by Gasteiger charge is -2.31. The zero-order chi connectivity index (χ0) is 25.5. The molecule has 1 N–H and O–H groups in total. The van der Waals surface area contributed by atoms with Gasteiger partial charge in [0.2, 0.25) is 16.3 Å². The zero-order valence-corrected chi connectivity index (χ0v) is 21.9. The number of thiophene rings is 1. The van der Waals surface area contributed by atoms with Crippen LogP contribution in [0.25, 0.3) is 0 Å². The lowest BCUT2D eigenvalue weighted by Crippen LogP contribution is -2.38. The van der Waals surface area contributed by atoms with Crippen molar-refractivity contribution >= 4 is 27.3 Å². The number of benzene rings is 1. The van der Waals surface area contributed by atoms with E-state index in [0.29, 0.717) is 25.3 Å². The number of hydrogen-bond donors (Lipinski definition) is 1. The number of aliphatic hydroxyl groups is 1. The summed E-state index contributed by atoms with van der Waals surface area (Å²) in [5, 5.41) is 13.5. The summed E-state index contributed by atoms with van der Waals surface area (Å²) in [5.41, 5.74) is 1.09. The van der Waals surface area contributed by atoms with Crippen LogP contribution in [-0.4, -0.2) is 81.4 Å². The number of carbonyl (C=O) groups excluding carboxylic acids is 1. The zero-order valence-electron chi connectivity index (χ0n) is 20.2. The Kier molecular flexibility index (Phi) is 9.02. The summed E-state index contributed by atoms with van der Waals surface area (Å²) >= 11 is 1.59. The molecule has 2 aliphatic rings. The van der Waals surface area contributed by atoms with Gasteiger partial charge in [-0.3, -0.25) is 4.79 Å². The van der Waals surface area contributed by atoms with Crippen molar-refractivity contribution in [2.75, 3.05) is 46.5 Å². The van der Waals surface area contributed by atoms with Crippen LogP contribution < -0.4 is 4.74 Å². The molecule has 1 amide bonds. The fourth-order valence-corrected chi connectivity index (χ4v) is 6.49. The highest BCUT2D eigenvalue weighted by Gasteiger charge is 2.32. The predicted molar refractivity (Wildman–Crippen MR) is 135 cm³/mol. The molecule has 2 aromatic rings. The summed E-state index contributed by atoms with van der Waals surface area (Å²) < 4.78 is 44.4. The number of sulfonamides is 1. The van der Waals surface area contributed by atoms with E-state index >= 15 is 0 Å². The third-order valence-electron chi connectivity index (χ3n) is 6.32. The van der Waals surface area contributed by atoms with Crippen molar-refractivity contribution in [2.24, 2.45) is 0 Å². The maximum atomic E-state index is 13.1. The summed E-state index contributed by atoms with van der Waals surface area (Å²) in [7, 11) is -2.34. The summed E-state index contributed by atoms with van der Waals surface area (Å²) in [6.45, 7) is 1.10. The smallest absolute Gasteiger partial charge is 0.288 e. The topological polar surface area (TPSA) is 106 Å². The van der Waals surface area contributed by atoms with E-state index in [0.717, 1.165) is 18.4 Å². The minimum absolute atomic E-state index is 0.0248. The fraction of sp³-hybridized carbons (Fsp3) is 0.480. The van der Waals surface area contributed by atoms with Crippen LogP contribution in [0, 0.1) is 0 Å². The van der Waals surface area contributed by atoms with Crippen molar-refractivity contribution in [3.8, 4) is 5.75 Å². The number of amides is 1. The Balaban J connectivity index is 1.42. The molecule has 2 atom stereocenters. The van der Waals surface area contributed by atoms with Crippen LogP contribution in [0.1, 0.15) is 30.7 Å². The van der Waals surface area contributed by atoms with Crippen LogP contribution in [0.3, 0.4) is 0 Å². The Bertz CT molecular complexity index is 1130. The van der Waals surface area contributed by atoms with Crippen molar-refractivity contribution < 1.29 is 32.5 Å². The van der Waals surface area contributed by atoms with E-state index in [1.165, 1.54) is 23.5 Å². The SMILES string of the molecule is COc1ccc(S(=O)(=O)N(CCO)CCO[C@@H]2C[C@H](c3ccsc3)C=C(C(=O)N3CCCC3)O2)cc1. The lowest BCUT2D eigenvalue weighted by atomic mass is 9.95. The molecule has 1 saturated heterocycles. The van der Waals surface area contributed by atoms with Gasteiger partial charge >= 0.3 is 0 Å². The number of methoxy groups -OCH3 is 1. The second-order valence-electron chi connectivity index (χ2n) is 8.65. The maximum absolute atomic E-state index is 13.1. The quantitative estimate of drug-likeness (QED) is 0.471. The van der Waals surface area contributed by atoms with E-state index < -0.39 is 16.3 Å². The van der Waals surface area contributed by atoms with Crippen LogP contribution in [0.5, 0.6) is 5.75 Å². The Morgan fingerprint density at radius 1 is 1.19 bits per heavy atom. The van der Waals surface area contributed by atoms with Gasteiger partial charge in [-0.15, -0.1) is 0 Å². The Hall–Kier alpha value is -2.44. The predicted octanol–water partition coefficient (Wildman–Crippen LogP) is 2.79. The molecule has 1 fully saturated rings. The van der Waals surface area contributed by atoms with Gasteiger partial charge in [-0.05, 0) is 65.6 Å². The minimum atomic E-state index is -3.85. The summed E-state index contributed by atoms with van der Waals surface area (Å²) in [6, 6.07) is 8.11. The number of likely N-dealkylation sites (tertiary alicyclic amines) is 1. The van der Waals surface area contributed by atoms with Crippen LogP contribution >= 0.6 is 11.3 Å². The first kappa shape index (κ1) is 26.6. The normalized spacial score (nSPS) is 20.3. The van der Waals surface area contributed by atoms with E-state index in [9.17, 15) is 18.3 Å². The monoisotopic (exact) mass is 536 g/mol. The van der Waals surface area contributed by atoms with Crippen molar-refractivity contribution in [1.82, 2.24) is 9.21 Å². The third-order valence-corrected chi connectivity index (χ3v) is 8.94. The number of ether oxygens (including phenoxy) is 3. The molecule has 0 unspecified atom stereocenters. The molecule has 0 spiro atoms. The van der Waals surface area contributed by atoms with Gasteiger partial charge in [0.25, 0.3) is 5.91 Å². The van der Waals surface area contributed by atoms with Gasteiger partial charge < -0.3 is 24.2 Å². The molecule has 0 aliphatic carbocycles. The molecule has 1 aromatic heterocycles. The lowest BCUT2D eigenvalue weighted by molar-refractivity contribution is -0.152. The second kappa shape index (κ2) is 12.2. The summed E-state index contributed by atoms with van der Waals surface area (Å²) in [6.07, 6.45) is 3.65. The molecule has 196 valence electrons. The van der Waals surface area contributed by atoms with Gasteiger partial charge in [-0.25, -0.2) is 8.42 Å². The van der Waals surface area contributed by atoms with Gasteiger partial charge in [0, 0.05) is 38.5 Å². The standard InChI is InChI=1S/C25H32N2O7S2/c1-32-21-4-6-22(7-5-21)36(30,31)27(11-13-28)12-14-33-24-17-20(19-8-15-35-18-19)16-23(34-24)25(29)26-9-2-3-10-26/h4-8,15-16,18,20,24,28H,2-3,9-14,17H2,1H3/t20-,24+/m1/s1. The first-order chi connectivity index (χ1) is 17.4. The van der Waals surface area contributed by atoms with Crippen LogP contribution in [0.15, 0.2) is 57.8 Å². The third kappa shape index (κ3) is 6.27. The number of hydrogen-bond acceptors (Lipinski definition) is 8. The molecule has 4 rings (SSSR count). The first-order valence-corrected chi connectivity index (χ1v) is 14.4. The maximum Gasteiger partial charge on any atom is 0.288 e. The molecule has 0 bridgehead atoms. The molecule has 36 heavy (non-hydrogen) atoms. The van der Waals surface area contributed by atoms with Gasteiger partial charge in [-0.1, -0.05) is 0 Å².